The number of nitrogens with zero attached hydrogens (tertiary/aromatic N) is 4. The van der Waals surface area contributed by atoms with E-state index in [1.54, 1.807) is 18.5 Å². The first-order valence-electron chi connectivity index (χ1n) is 12.1. The van der Waals surface area contributed by atoms with E-state index in [1.165, 1.54) is 5.56 Å². The van der Waals surface area contributed by atoms with Gasteiger partial charge < -0.3 is 19.9 Å². The molecule has 1 aromatic heterocycles. The molecule has 1 atom stereocenters. The Balaban J connectivity index is 1.20. The number of amides is 2. The van der Waals surface area contributed by atoms with Crippen molar-refractivity contribution in [2.24, 2.45) is 0 Å². The second-order valence-corrected chi connectivity index (χ2v) is 9.13. The molecule has 3 heterocycles. The van der Waals surface area contributed by atoms with Crippen molar-refractivity contribution in [3.8, 4) is 0 Å². The monoisotopic (exact) mass is 471 g/mol. The number of carbonyl (C=O) groups is 2. The van der Waals surface area contributed by atoms with Gasteiger partial charge in [-0.2, -0.15) is 0 Å². The standard InChI is InChI=1S/C27H29N5O3/c33-24(22-9-4-10-23(19-22)30-25-28-14-6-15-29-25)31-16-5-12-27(13-18-31)20-32(26(34)35-27)17-11-21-7-2-1-3-8-21/h1-4,6-10,14-15,19H,5,11-13,16-18,20H2,(H,28,29,30)/t27-/m0/s1. The van der Waals surface area contributed by atoms with Crippen LogP contribution in [0, 0.1) is 0 Å². The lowest BCUT2D eigenvalue weighted by Gasteiger charge is -2.25. The minimum atomic E-state index is -0.517. The smallest absolute Gasteiger partial charge is 0.410 e. The molecule has 2 saturated heterocycles. The van der Waals surface area contributed by atoms with Crippen LogP contribution in [0.3, 0.4) is 0 Å². The van der Waals surface area contributed by atoms with Crippen LogP contribution in [-0.4, -0.2) is 63.5 Å². The number of aromatic nitrogens is 2. The summed E-state index contributed by atoms with van der Waals surface area (Å²) in [5, 5.41) is 3.13. The molecule has 1 N–H and O–H groups in total. The molecule has 0 aliphatic carbocycles. The second-order valence-electron chi connectivity index (χ2n) is 9.13. The summed E-state index contributed by atoms with van der Waals surface area (Å²) >= 11 is 0. The number of ether oxygens (including phenoxy) is 1. The Labute approximate surface area is 204 Å². The van der Waals surface area contributed by atoms with E-state index in [2.05, 4.69) is 27.4 Å². The first kappa shape index (κ1) is 22.8. The maximum atomic E-state index is 13.3. The zero-order valence-electron chi connectivity index (χ0n) is 19.6. The highest BCUT2D eigenvalue weighted by Gasteiger charge is 2.45. The Morgan fingerprint density at radius 3 is 2.66 bits per heavy atom. The average Bonchev–Trinajstić information content (AvgIpc) is 3.06. The van der Waals surface area contributed by atoms with E-state index in [0.29, 0.717) is 44.1 Å². The molecule has 2 aliphatic rings. The molecule has 0 bridgehead atoms. The molecular formula is C27H29N5O3. The van der Waals surface area contributed by atoms with Crippen LogP contribution in [-0.2, 0) is 11.2 Å². The van der Waals surface area contributed by atoms with E-state index in [9.17, 15) is 9.59 Å². The molecule has 0 saturated carbocycles. The summed E-state index contributed by atoms with van der Waals surface area (Å²) in [7, 11) is 0. The average molecular weight is 472 g/mol. The van der Waals surface area contributed by atoms with Crippen molar-refractivity contribution in [2.75, 3.05) is 31.5 Å². The van der Waals surface area contributed by atoms with Gasteiger partial charge in [-0.25, -0.2) is 14.8 Å². The summed E-state index contributed by atoms with van der Waals surface area (Å²) in [6, 6.07) is 19.3. The Hall–Kier alpha value is -3.94. The minimum absolute atomic E-state index is 0.0232. The molecule has 180 valence electrons. The first-order chi connectivity index (χ1) is 17.1. The SMILES string of the molecule is O=C1O[C@]2(CCCN(C(=O)c3cccc(Nc4ncccn4)c3)CC2)CN1CCc1ccccc1. The van der Waals surface area contributed by atoms with Gasteiger partial charge in [-0.3, -0.25) is 4.79 Å². The van der Waals surface area contributed by atoms with Crippen molar-refractivity contribution in [2.45, 2.75) is 31.3 Å². The third kappa shape index (κ3) is 5.42. The van der Waals surface area contributed by atoms with E-state index in [4.69, 9.17) is 4.74 Å². The van der Waals surface area contributed by atoms with E-state index < -0.39 is 5.60 Å². The highest BCUT2D eigenvalue weighted by atomic mass is 16.6. The summed E-state index contributed by atoms with van der Waals surface area (Å²) in [6.45, 7) is 2.41. The molecule has 1 spiro atoms. The fourth-order valence-electron chi connectivity index (χ4n) is 4.81. The van der Waals surface area contributed by atoms with Crippen LogP contribution in [0.1, 0.15) is 35.2 Å². The number of benzene rings is 2. The van der Waals surface area contributed by atoms with Gasteiger partial charge in [-0.15, -0.1) is 0 Å². The topological polar surface area (TPSA) is 87.7 Å². The van der Waals surface area contributed by atoms with Crippen LogP contribution in [0.25, 0.3) is 0 Å². The summed E-state index contributed by atoms with van der Waals surface area (Å²) in [5.41, 5.74) is 2.05. The molecule has 2 aromatic carbocycles. The summed E-state index contributed by atoms with van der Waals surface area (Å²) in [5.74, 6) is 0.457. The van der Waals surface area contributed by atoms with Crippen LogP contribution < -0.4 is 5.32 Å². The maximum Gasteiger partial charge on any atom is 0.410 e. The van der Waals surface area contributed by atoms with E-state index in [0.717, 1.165) is 24.9 Å². The van der Waals surface area contributed by atoms with Gasteiger partial charge in [-0.1, -0.05) is 36.4 Å². The summed E-state index contributed by atoms with van der Waals surface area (Å²) < 4.78 is 5.92. The van der Waals surface area contributed by atoms with Gasteiger partial charge in [0, 0.05) is 49.7 Å². The second kappa shape index (κ2) is 10.1. The van der Waals surface area contributed by atoms with E-state index in [-0.39, 0.29) is 12.0 Å². The lowest BCUT2D eigenvalue weighted by atomic mass is 9.95. The van der Waals surface area contributed by atoms with Gasteiger partial charge in [-0.05, 0) is 49.1 Å². The lowest BCUT2D eigenvalue weighted by Crippen LogP contribution is -2.37. The quantitative estimate of drug-likeness (QED) is 0.577. The van der Waals surface area contributed by atoms with Crippen molar-refractivity contribution < 1.29 is 14.3 Å². The first-order valence-corrected chi connectivity index (χ1v) is 12.1. The zero-order valence-corrected chi connectivity index (χ0v) is 19.6. The van der Waals surface area contributed by atoms with Crippen molar-refractivity contribution in [3.63, 3.8) is 0 Å². The van der Waals surface area contributed by atoms with Gasteiger partial charge in [0.2, 0.25) is 5.95 Å². The van der Waals surface area contributed by atoms with Crippen LogP contribution >= 0.6 is 0 Å². The molecule has 2 fully saturated rings. The Bertz CT molecular complexity index is 1170. The maximum absolute atomic E-state index is 13.3. The van der Waals surface area contributed by atoms with E-state index >= 15 is 0 Å². The molecule has 2 amide bonds. The van der Waals surface area contributed by atoms with Gasteiger partial charge in [0.25, 0.3) is 5.91 Å². The fraction of sp³-hybridized carbons (Fsp3) is 0.333. The van der Waals surface area contributed by atoms with Crippen LogP contribution in [0.4, 0.5) is 16.4 Å². The van der Waals surface area contributed by atoms with Crippen LogP contribution in [0.2, 0.25) is 0 Å². The minimum Gasteiger partial charge on any atom is -0.441 e. The van der Waals surface area contributed by atoms with Gasteiger partial charge in [0.15, 0.2) is 0 Å². The number of anilines is 2. The predicted molar refractivity (Wildman–Crippen MR) is 132 cm³/mol. The van der Waals surface area contributed by atoms with Crippen molar-refractivity contribution in [3.05, 3.63) is 84.2 Å². The van der Waals surface area contributed by atoms with Crippen molar-refractivity contribution in [1.82, 2.24) is 19.8 Å². The van der Waals surface area contributed by atoms with Crippen LogP contribution in [0.5, 0.6) is 0 Å². The molecule has 2 aliphatic heterocycles. The molecule has 5 rings (SSSR count). The van der Waals surface area contributed by atoms with E-state index in [1.807, 2.05) is 52.3 Å². The van der Waals surface area contributed by atoms with Crippen molar-refractivity contribution >= 4 is 23.6 Å². The number of hydrogen-bond donors (Lipinski definition) is 1. The summed E-state index contributed by atoms with van der Waals surface area (Å²) in [6.07, 6.45) is 6.07. The predicted octanol–water partition coefficient (Wildman–Crippen LogP) is 4.28. The number of carbonyl (C=O) groups excluding carboxylic acids is 2. The van der Waals surface area contributed by atoms with Crippen molar-refractivity contribution in [1.29, 1.82) is 0 Å². The lowest BCUT2D eigenvalue weighted by molar-refractivity contribution is 0.0438. The highest BCUT2D eigenvalue weighted by Crippen LogP contribution is 2.34. The molecule has 8 nitrogen and oxygen atoms in total. The molecule has 0 radical (unpaired) electrons. The fourth-order valence-corrected chi connectivity index (χ4v) is 4.81. The Morgan fingerprint density at radius 1 is 1.00 bits per heavy atom. The number of likely N-dealkylation sites (tertiary alicyclic amines) is 1. The molecule has 8 heteroatoms. The normalized spacial score (nSPS) is 19.9. The van der Waals surface area contributed by atoms with Gasteiger partial charge in [0.05, 0.1) is 6.54 Å². The van der Waals surface area contributed by atoms with Gasteiger partial charge >= 0.3 is 6.09 Å². The molecular weight excluding hydrogens is 442 g/mol. The largest absolute Gasteiger partial charge is 0.441 e. The van der Waals surface area contributed by atoms with Gasteiger partial charge in [0.1, 0.15) is 5.60 Å². The third-order valence-electron chi connectivity index (χ3n) is 6.67. The number of nitrogens with one attached hydrogen (secondary N) is 1. The molecule has 35 heavy (non-hydrogen) atoms. The number of rotatable bonds is 6. The Morgan fingerprint density at radius 2 is 1.83 bits per heavy atom. The third-order valence-corrected chi connectivity index (χ3v) is 6.67. The molecule has 0 unspecified atom stereocenters. The molecule has 3 aromatic rings. The summed E-state index contributed by atoms with van der Waals surface area (Å²) in [4.78, 5) is 37.9. The Kier molecular flexibility index (Phi) is 6.61. The highest BCUT2D eigenvalue weighted by molar-refractivity contribution is 5.95. The van der Waals surface area contributed by atoms with Crippen LogP contribution in [0.15, 0.2) is 73.1 Å². The zero-order chi connectivity index (χ0) is 24.1. The number of hydrogen-bond acceptors (Lipinski definition) is 6.